The number of aliphatic hydroxyl groups is 1. The summed E-state index contributed by atoms with van der Waals surface area (Å²) in [5.41, 5.74) is -0.120. The molecule has 0 heterocycles. The van der Waals surface area contributed by atoms with E-state index < -0.39 is 11.0 Å². The molecule has 6 nitrogen and oxygen atoms in total. The first kappa shape index (κ1) is 17.9. The van der Waals surface area contributed by atoms with Crippen molar-refractivity contribution in [2.45, 2.75) is 39.4 Å². The van der Waals surface area contributed by atoms with Crippen molar-refractivity contribution in [2.24, 2.45) is 0 Å². The summed E-state index contributed by atoms with van der Waals surface area (Å²) in [6.45, 7) is 7.74. The highest BCUT2D eigenvalue weighted by molar-refractivity contribution is 9.10. The zero-order valence-electron chi connectivity index (χ0n) is 12.6. The van der Waals surface area contributed by atoms with Gasteiger partial charge in [-0.15, -0.1) is 0 Å². The molecule has 0 saturated carbocycles. The van der Waals surface area contributed by atoms with Crippen LogP contribution in [0.5, 0.6) is 5.75 Å². The minimum Gasteiger partial charge on any atom is -0.484 e. The largest absolute Gasteiger partial charge is 0.484 e. The summed E-state index contributed by atoms with van der Waals surface area (Å²) in [6.07, 6.45) is -0.875. The number of nitro groups is 1. The lowest BCUT2D eigenvalue weighted by Crippen LogP contribution is -2.22. The number of benzene rings is 1. The Kier molecular flexibility index (Phi) is 6.12. The minimum absolute atomic E-state index is 0.0794. The summed E-state index contributed by atoms with van der Waals surface area (Å²) in [4.78, 5) is 10.6. The van der Waals surface area contributed by atoms with Gasteiger partial charge < -0.3 is 14.6 Å². The predicted molar refractivity (Wildman–Crippen MR) is 82.6 cm³/mol. The van der Waals surface area contributed by atoms with Gasteiger partial charge in [0.15, 0.2) is 0 Å². The Labute approximate surface area is 132 Å². The highest BCUT2D eigenvalue weighted by Gasteiger charge is 2.23. The zero-order chi connectivity index (χ0) is 16.2. The standard InChI is InChI=1S/C14H20BrNO5/c1-9(17)11-7-10(15)8-12(16(18)19)13(11)20-5-6-21-14(2,3)4/h7-9,17H,5-6H2,1-4H3/t9-/m1/s1. The molecule has 7 heteroatoms. The number of aliphatic hydroxyl groups excluding tert-OH is 1. The molecule has 0 radical (unpaired) electrons. The molecule has 1 atom stereocenters. The van der Waals surface area contributed by atoms with Gasteiger partial charge in [-0.2, -0.15) is 0 Å². The average Bonchev–Trinajstić information content (AvgIpc) is 2.33. The van der Waals surface area contributed by atoms with E-state index in [2.05, 4.69) is 15.9 Å². The fraction of sp³-hybridized carbons (Fsp3) is 0.571. The SMILES string of the molecule is C[C@@H](O)c1cc(Br)cc([N+](=O)[O-])c1OCCOC(C)(C)C. The number of nitrogens with zero attached hydrogens (tertiary/aromatic N) is 1. The average molecular weight is 362 g/mol. The number of halogens is 1. The molecule has 0 unspecified atom stereocenters. The molecule has 0 amide bonds. The summed E-state index contributed by atoms with van der Waals surface area (Å²) in [7, 11) is 0. The van der Waals surface area contributed by atoms with Crippen LogP contribution < -0.4 is 4.74 Å². The minimum atomic E-state index is -0.875. The number of hydrogen-bond acceptors (Lipinski definition) is 5. The molecule has 0 bridgehead atoms. The van der Waals surface area contributed by atoms with E-state index in [0.717, 1.165) is 0 Å². The molecule has 0 spiro atoms. The molecule has 1 aromatic rings. The van der Waals surface area contributed by atoms with Crippen LogP contribution in [0.1, 0.15) is 39.4 Å². The van der Waals surface area contributed by atoms with Crippen LogP contribution in [-0.2, 0) is 4.74 Å². The first-order chi connectivity index (χ1) is 9.61. The van der Waals surface area contributed by atoms with E-state index in [1.807, 2.05) is 20.8 Å². The third-order valence-corrected chi connectivity index (χ3v) is 3.03. The number of hydrogen-bond donors (Lipinski definition) is 1. The van der Waals surface area contributed by atoms with Crippen molar-refractivity contribution >= 4 is 21.6 Å². The van der Waals surface area contributed by atoms with Gasteiger partial charge in [-0.25, -0.2) is 0 Å². The molecule has 0 aliphatic carbocycles. The molecule has 0 aliphatic heterocycles. The highest BCUT2D eigenvalue weighted by Crippen LogP contribution is 2.37. The lowest BCUT2D eigenvalue weighted by molar-refractivity contribution is -0.386. The molecule has 0 fully saturated rings. The van der Waals surface area contributed by atoms with Crippen LogP contribution in [0.4, 0.5) is 5.69 Å². The van der Waals surface area contributed by atoms with E-state index in [1.165, 1.54) is 13.0 Å². The number of ether oxygens (including phenoxy) is 2. The third-order valence-electron chi connectivity index (χ3n) is 2.57. The van der Waals surface area contributed by atoms with Crippen molar-refractivity contribution in [2.75, 3.05) is 13.2 Å². The van der Waals surface area contributed by atoms with Crippen molar-refractivity contribution in [1.82, 2.24) is 0 Å². The number of nitro benzene ring substituents is 1. The molecule has 1 N–H and O–H groups in total. The van der Waals surface area contributed by atoms with Crippen LogP contribution in [0, 0.1) is 10.1 Å². The van der Waals surface area contributed by atoms with Gasteiger partial charge >= 0.3 is 5.69 Å². The fourth-order valence-corrected chi connectivity index (χ4v) is 2.16. The molecule has 1 aromatic carbocycles. The molecule has 0 saturated heterocycles. The van der Waals surface area contributed by atoms with Gasteiger partial charge in [0.1, 0.15) is 6.61 Å². The van der Waals surface area contributed by atoms with Crippen molar-refractivity contribution in [1.29, 1.82) is 0 Å². The molecule has 118 valence electrons. The van der Waals surface area contributed by atoms with Gasteiger partial charge in [-0.3, -0.25) is 10.1 Å². The molecular formula is C14H20BrNO5. The van der Waals surface area contributed by atoms with E-state index in [9.17, 15) is 15.2 Å². The molecule has 0 aromatic heterocycles. The highest BCUT2D eigenvalue weighted by atomic mass is 79.9. The Balaban J connectivity index is 2.95. The quantitative estimate of drug-likeness (QED) is 0.475. The maximum absolute atomic E-state index is 11.1. The first-order valence-corrected chi connectivity index (χ1v) is 7.34. The first-order valence-electron chi connectivity index (χ1n) is 6.54. The molecule has 21 heavy (non-hydrogen) atoms. The summed E-state index contributed by atoms with van der Waals surface area (Å²) in [5.74, 6) is 0.0794. The normalized spacial score (nSPS) is 13.0. The van der Waals surface area contributed by atoms with Gasteiger partial charge in [0, 0.05) is 16.1 Å². The maximum atomic E-state index is 11.1. The fourth-order valence-electron chi connectivity index (χ4n) is 1.69. The monoisotopic (exact) mass is 361 g/mol. The Morgan fingerprint density at radius 3 is 2.48 bits per heavy atom. The second-order valence-corrected chi connectivity index (χ2v) is 6.50. The van der Waals surface area contributed by atoms with Crippen LogP contribution in [0.15, 0.2) is 16.6 Å². The second kappa shape index (κ2) is 7.20. The van der Waals surface area contributed by atoms with Crippen LogP contribution in [0.2, 0.25) is 0 Å². The van der Waals surface area contributed by atoms with Gasteiger partial charge in [0.05, 0.1) is 23.2 Å². The van der Waals surface area contributed by atoms with Crippen molar-refractivity contribution in [3.63, 3.8) is 0 Å². The van der Waals surface area contributed by atoms with E-state index in [4.69, 9.17) is 9.47 Å². The molecule has 0 aliphatic rings. The molecule has 1 rings (SSSR count). The van der Waals surface area contributed by atoms with E-state index in [1.54, 1.807) is 6.07 Å². The van der Waals surface area contributed by atoms with Crippen molar-refractivity contribution in [3.8, 4) is 5.75 Å². The van der Waals surface area contributed by atoms with E-state index >= 15 is 0 Å². The Morgan fingerprint density at radius 2 is 2.00 bits per heavy atom. The third kappa shape index (κ3) is 5.61. The maximum Gasteiger partial charge on any atom is 0.312 e. The lowest BCUT2D eigenvalue weighted by atomic mass is 10.1. The van der Waals surface area contributed by atoms with Crippen LogP contribution in [0.3, 0.4) is 0 Å². The van der Waals surface area contributed by atoms with Crippen molar-refractivity contribution in [3.05, 3.63) is 32.3 Å². The van der Waals surface area contributed by atoms with E-state index in [0.29, 0.717) is 16.6 Å². The van der Waals surface area contributed by atoms with Crippen LogP contribution >= 0.6 is 15.9 Å². The van der Waals surface area contributed by atoms with Crippen LogP contribution in [-0.4, -0.2) is 28.8 Å². The van der Waals surface area contributed by atoms with E-state index in [-0.39, 0.29) is 23.6 Å². The zero-order valence-corrected chi connectivity index (χ0v) is 14.1. The Bertz CT molecular complexity index is 511. The smallest absolute Gasteiger partial charge is 0.312 e. The van der Waals surface area contributed by atoms with Gasteiger partial charge in [0.2, 0.25) is 5.75 Å². The van der Waals surface area contributed by atoms with Gasteiger partial charge in [0.25, 0.3) is 0 Å². The second-order valence-electron chi connectivity index (χ2n) is 5.59. The Morgan fingerprint density at radius 1 is 1.38 bits per heavy atom. The van der Waals surface area contributed by atoms with Gasteiger partial charge in [-0.1, -0.05) is 15.9 Å². The van der Waals surface area contributed by atoms with Crippen molar-refractivity contribution < 1.29 is 19.5 Å². The summed E-state index contributed by atoms with van der Waals surface area (Å²) < 4.78 is 11.5. The summed E-state index contributed by atoms with van der Waals surface area (Å²) in [6, 6.07) is 2.96. The van der Waals surface area contributed by atoms with Crippen LogP contribution in [0.25, 0.3) is 0 Å². The number of rotatable bonds is 6. The molecular weight excluding hydrogens is 342 g/mol. The predicted octanol–water partition coefficient (Wildman–Crippen LogP) is 3.60. The summed E-state index contributed by atoms with van der Waals surface area (Å²) in [5, 5.41) is 20.9. The topological polar surface area (TPSA) is 81.8 Å². The Hall–Kier alpha value is -1.18. The summed E-state index contributed by atoms with van der Waals surface area (Å²) >= 11 is 3.20. The lowest BCUT2D eigenvalue weighted by Gasteiger charge is -2.20. The van der Waals surface area contributed by atoms with Gasteiger partial charge in [-0.05, 0) is 33.8 Å².